The van der Waals surface area contributed by atoms with E-state index in [0.29, 0.717) is 5.65 Å². The van der Waals surface area contributed by atoms with Crippen molar-refractivity contribution < 1.29 is 55.5 Å². The summed E-state index contributed by atoms with van der Waals surface area (Å²) in [6.45, 7) is -0.408. The summed E-state index contributed by atoms with van der Waals surface area (Å²) in [5, 5.41) is 0. The fraction of sp³-hybridized carbons (Fsp3) is 0.583. The number of fused-ring (bicyclic) bond motifs is 1. The molecule has 1 aliphatic heterocycles. The minimum atomic E-state index is -5.70. The van der Waals surface area contributed by atoms with Gasteiger partial charge in [0.05, 0.1) is 12.9 Å². The highest BCUT2D eigenvalue weighted by atomic mass is 31.3. The van der Waals surface area contributed by atoms with Gasteiger partial charge in [0.2, 0.25) is 0 Å². The number of rotatable bonds is 9. The Balaban J connectivity index is 1.74. The van der Waals surface area contributed by atoms with Gasteiger partial charge in [0.25, 0.3) is 0 Å². The first kappa shape index (κ1) is 25.3. The first-order valence-corrected chi connectivity index (χ1v) is 13.1. The summed E-state index contributed by atoms with van der Waals surface area (Å²) in [6.07, 6.45) is 1.69. The van der Waals surface area contributed by atoms with Gasteiger partial charge >= 0.3 is 23.5 Å². The topological polar surface area (TPSA) is 239 Å². The fourth-order valence-electron chi connectivity index (χ4n) is 3.22. The van der Waals surface area contributed by atoms with Gasteiger partial charge in [-0.3, -0.25) is 9.09 Å². The molecular weight excluding hydrogens is 502 g/mol. The number of halogens is 1. The van der Waals surface area contributed by atoms with Crippen molar-refractivity contribution in [3.8, 4) is 0 Å². The zero-order valence-electron chi connectivity index (χ0n) is 16.2. The lowest BCUT2D eigenvalue weighted by atomic mass is 9.96. The number of phosphoric ester groups is 1. The Morgan fingerprint density at radius 3 is 2.53 bits per heavy atom. The van der Waals surface area contributed by atoms with Crippen molar-refractivity contribution in [2.24, 2.45) is 5.92 Å². The standard InChI is InChI=1S/C12H19FN5O11P3/c1-7-2-12(3-13,4-26-31(22,23)29-32(24,25)28-30(19,20)21)27-11(7)18-6-17-8-9(14)15-5-16-10(8)18/h5-7,11H,2-4H2,1H3,(H,22,23)(H,24,25)(H2,14,15,16)(H2,19,20,21). The lowest BCUT2D eigenvalue weighted by Crippen LogP contribution is -2.36. The first-order chi connectivity index (χ1) is 14.7. The van der Waals surface area contributed by atoms with E-state index in [1.165, 1.54) is 17.2 Å². The van der Waals surface area contributed by atoms with Crippen molar-refractivity contribution in [1.29, 1.82) is 0 Å². The molecule has 0 aromatic carbocycles. The largest absolute Gasteiger partial charge is 0.490 e. The molecule has 1 aliphatic rings. The van der Waals surface area contributed by atoms with E-state index in [-0.39, 0.29) is 23.7 Å². The lowest BCUT2D eigenvalue weighted by Gasteiger charge is -2.27. The van der Waals surface area contributed by atoms with Crippen LogP contribution in [0.4, 0.5) is 10.2 Å². The molecule has 0 bridgehead atoms. The van der Waals surface area contributed by atoms with Gasteiger partial charge in [0.15, 0.2) is 11.5 Å². The molecule has 3 rings (SSSR count). The van der Waals surface area contributed by atoms with Crippen molar-refractivity contribution >= 4 is 40.4 Å². The van der Waals surface area contributed by atoms with Gasteiger partial charge in [-0.05, 0) is 6.42 Å². The van der Waals surface area contributed by atoms with Crippen LogP contribution >= 0.6 is 23.5 Å². The van der Waals surface area contributed by atoms with Crippen molar-refractivity contribution in [2.45, 2.75) is 25.2 Å². The van der Waals surface area contributed by atoms with E-state index in [1.54, 1.807) is 6.92 Å². The molecule has 2 aromatic rings. The van der Waals surface area contributed by atoms with Gasteiger partial charge < -0.3 is 30.0 Å². The zero-order valence-corrected chi connectivity index (χ0v) is 18.8. The van der Waals surface area contributed by atoms with Crippen molar-refractivity contribution in [3.63, 3.8) is 0 Å². The maximum atomic E-state index is 13.9. The second-order valence-corrected chi connectivity index (χ2v) is 11.4. The van der Waals surface area contributed by atoms with Crippen LogP contribution in [-0.4, -0.2) is 58.0 Å². The maximum Gasteiger partial charge on any atom is 0.490 e. The Kier molecular flexibility index (Phi) is 6.93. The summed E-state index contributed by atoms with van der Waals surface area (Å²) in [4.78, 5) is 47.9. The monoisotopic (exact) mass is 521 g/mol. The molecule has 0 amide bonds. The van der Waals surface area contributed by atoms with Crippen molar-refractivity contribution in [3.05, 3.63) is 12.7 Å². The van der Waals surface area contributed by atoms with Crippen molar-refractivity contribution in [2.75, 3.05) is 19.0 Å². The number of aromatic nitrogens is 4. The van der Waals surface area contributed by atoms with Crippen LogP contribution in [0.5, 0.6) is 0 Å². The third kappa shape index (κ3) is 5.76. The lowest BCUT2D eigenvalue weighted by molar-refractivity contribution is -0.108. The molecule has 3 heterocycles. The maximum absolute atomic E-state index is 13.9. The summed E-state index contributed by atoms with van der Waals surface area (Å²) in [5.74, 6) is -0.271. The van der Waals surface area contributed by atoms with Crippen molar-refractivity contribution in [1.82, 2.24) is 19.5 Å². The molecule has 32 heavy (non-hydrogen) atoms. The molecule has 0 saturated carbocycles. The highest BCUT2D eigenvalue weighted by molar-refractivity contribution is 7.66. The SMILES string of the molecule is CC1CC(CF)(COP(=O)(O)OP(=O)(O)OP(=O)(O)O)OC1n1cnc2c(N)ncnc21. The molecule has 6 N–H and O–H groups in total. The van der Waals surface area contributed by atoms with Crippen LogP contribution in [-0.2, 0) is 31.6 Å². The predicted molar refractivity (Wildman–Crippen MR) is 102 cm³/mol. The fourth-order valence-corrected chi connectivity index (χ4v) is 6.31. The van der Waals surface area contributed by atoms with E-state index >= 15 is 0 Å². The Morgan fingerprint density at radius 1 is 1.22 bits per heavy atom. The number of anilines is 1. The predicted octanol–water partition coefficient (Wildman–Crippen LogP) is 1.02. The van der Waals surface area contributed by atoms with Crippen LogP contribution < -0.4 is 5.73 Å². The number of nitrogens with zero attached hydrogens (tertiary/aromatic N) is 4. The normalized spacial score (nSPS) is 27.9. The summed E-state index contributed by atoms with van der Waals surface area (Å²) in [7, 11) is -16.7. The van der Waals surface area contributed by atoms with E-state index in [2.05, 4.69) is 28.1 Å². The van der Waals surface area contributed by atoms with E-state index in [4.69, 9.17) is 20.3 Å². The van der Waals surface area contributed by atoms with Gasteiger partial charge in [-0.25, -0.2) is 33.0 Å². The zero-order chi connectivity index (χ0) is 23.9. The summed E-state index contributed by atoms with van der Waals surface area (Å²) in [5.41, 5.74) is 4.56. The Hall–Kier alpha value is -1.35. The van der Waals surface area contributed by atoms with E-state index in [0.717, 1.165) is 0 Å². The smallest absolute Gasteiger partial charge is 0.382 e. The molecule has 0 radical (unpaired) electrons. The Bertz CT molecular complexity index is 1140. The molecule has 180 valence electrons. The van der Waals surface area contributed by atoms with E-state index in [1.807, 2.05) is 0 Å². The molecule has 20 heteroatoms. The van der Waals surface area contributed by atoms with Crippen LogP contribution in [0.2, 0.25) is 0 Å². The number of ether oxygens (including phenoxy) is 1. The average molecular weight is 521 g/mol. The number of hydrogen-bond acceptors (Lipinski definition) is 11. The third-order valence-electron chi connectivity index (χ3n) is 4.36. The second-order valence-electron chi connectivity index (χ2n) is 6.95. The number of hydrogen-bond donors (Lipinski definition) is 5. The highest BCUT2D eigenvalue weighted by Gasteiger charge is 2.49. The van der Waals surface area contributed by atoms with Gasteiger partial charge in [0, 0.05) is 5.92 Å². The third-order valence-corrected chi connectivity index (χ3v) is 8.15. The van der Waals surface area contributed by atoms with Crippen LogP contribution in [0.3, 0.4) is 0 Å². The summed E-state index contributed by atoms with van der Waals surface area (Å²) >= 11 is 0. The van der Waals surface area contributed by atoms with Gasteiger partial charge in [-0.1, -0.05) is 6.92 Å². The number of imidazole rings is 1. The quantitative estimate of drug-likeness (QED) is 0.289. The number of nitrogens with two attached hydrogens (primary N) is 1. The van der Waals surface area contributed by atoms with Crippen LogP contribution in [0.1, 0.15) is 19.6 Å². The van der Waals surface area contributed by atoms with Crippen LogP contribution in [0.25, 0.3) is 11.2 Å². The number of nitrogen functional groups attached to an aromatic ring is 1. The van der Waals surface area contributed by atoms with Gasteiger partial charge in [0.1, 0.15) is 30.3 Å². The molecule has 5 atom stereocenters. The molecule has 0 aliphatic carbocycles. The minimum Gasteiger partial charge on any atom is -0.382 e. The van der Waals surface area contributed by atoms with Gasteiger partial charge in [-0.2, -0.15) is 8.62 Å². The molecular formula is C12H19FN5O11P3. The molecule has 1 fully saturated rings. The van der Waals surface area contributed by atoms with Crippen LogP contribution in [0, 0.1) is 5.92 Å². The van der Waals surface area contributed by atoms with E-state index < -0.39 is 48.6 Å². The average Bonchev–Trinajstić information content (AvgIpc) is 3.19. The van der Waals surface area contributed by atoms with Crippen LogP contribution in [0.15, 0.2) is 12.7 Å². The summed E-state index contributed by atoms with van der Waals surface area (Å²) in [6, 6.07) is 0. The molecule has 0 spiro atoms. The molecule has 16 nitrogen and oxygen atoms in total. The first-order valence-electron chi connectivity index (χ1n) is 8.61. The Morgan fingerprint density at radius 2 is 1.91 bits per heavy atom. The Labute approximate surface area is 179 Å². The minimum absolute atomic E-state index is 0.0236. The van der Waals surface area contributed by atoms with Gasteiger partial charge in [-0.15, -0.1) is 0 Å². The molecule has 5 unspecified atom stereocenters. The number of phosphoric acid groups is 3. The van der Waals surface area contributed by atoms with E-state index in [9.17, 15) is 27.9 Å². The molecule has 1 saturated heterocycles. The summed E-state index contributed by atoms with van der Waals surface area (Å²) < 4.78 is 67.0. The molecule has 2 aromatic heterocycles. The number of alkyl halides is 1. The highest BCUT2D eigenvalue weighted by Crippen LogP contribution is 2.66. The second kappa shape index (κ2) is 8.78.